The number of carbonyl (C=O) groups excluding carboxylic acids is 1. The van der Waals surface area contributed by atoms with Crippen molar-refractivity contribution >= 4 is 15.9 Å². The predicted octanol–water partition coefficient (Wildman–Crippen LogP) is 3.54. The van der Waals surface area contributed by atoms with Crippen molar-refractivity contribution in [2.45, 2.75) is 4.90 Å². The molecule has 0 saturated carbocycles. The minimum atomic E-state index is -4.13. The zero-order valence-electron chi connectivity index (χ0n) is 17.7. The molecule has 0 bridgehead atoms. The van der Waals surface area contributed by atoms with Crippen molar-refractivity contribution in [2.24, 2.45) is 0 Å². The number of rotatable bonds is 6. The summed E-state index contributed by atoms with van der Waals surface area (Å²) >= 11 is 0. The third kappa shape index (κ3) is 5.04. The van der Waals surface area contributed by atoms with Gasteiger partial charge in [-0.2, -0.15) is 4.31 Å². The van der Waals surface area contributed by atoms with E-state index in [1.165, 1.54) is 4.90 Å². The van der Waals surface area contributed by atoms with Crippen molar-refractivity contribution in [3.8, 4) is 16.9 Å². The van der Waals surface area contributed by atoms with E-state index in [1.807, 2.05) is 48.5 Å². The number of nitrogens with zero attached hydrogens (tertiary/aromatic N) is 2. The summed E-state index contributed by atoms with van der Waals surface area (Å²) < 4.78 is 59.4. The molecule has 0 aliphatic carbocycles. The first-order chi connectivity index (χ1) is 15.9. The van der Waals surface area contributed by atoms with E-state index >= 15 is 0 Å². The molecule has 1 saturated heterocycles. The number of hydrogen-bond acceptors (Lipinski definition) is 4. The van der Waals surface area contributed by atoms with Gasteiger partial charge in [0.25, 0.3) is 5.91 Å². The molecule has 0 atom stereocenters. The molecule has 0 aromatic heterocycles. The molecule has 0 N–H and O–H groups in total. The molecule has 6 nitrogen and oxygen atoms in total. The van der Waals surface area contributed by atoms with Gasteiger partial charge in [-0.15, -0.1) is 0 Å². The van der Waals surface area contributed by atoms with Crippen LogP contribution < -0.4 is 4.74 Å². The van der Waals surface area contributed by atoms with Crippen molar-refractivity contribution in [1.29, 1.82) is 0 Å². The van der Waals surface area contributed by atoms with Crippen LogP contribution in [0.5, 0.6) is 5.75 Å². The summed E-state index contributed by atoms with van der Waals surface area (Å²) in [6.07, 6.45) is 0. The van der Waals surface area contributed by atoms with Gasteiger partial charge in [0.05, 0.1) is 0 Å². The van der Waals surface area contributed by atoms with Gasteiger partial charge in [-0.05, 0) is 23.8 Å². The fraction of sp³-hybridized carbons (Fsp3) is 0.208. The molecule has 0 unspecified atom stereocenters. The molecule has 1 amide bonds. The summed E-state index contributed by atoms with van der Waals surface area (Å²) in [5, 5.41) is 0. The number of carbonyl (C=O) groups is 1. The second kappa shape index (κ2) is 9.68. The molecular formula is C24H22F2N2O4S. The van der Waals surface area contributed by atoms with Gasteiger partial charge in [0, 0.05) is 37.8 Å². The predicted molar refractivity (Wildman–Crippen MR) is 119 cm³/mol. The van der Waals surface area contributed by atoms with Crippen LogP contribution in [0.4, 0.5) is 8.78 Å². The molecular weight excluding hydrogens is 450 g/mol. The maximum Gasteiger partial charge on any atom is 0.260 e. The summed E-state index contributed by atoms with van der Waals surface area (Å²) in [6.45, 7) is 0.106. The van der Waals surface area contributed by atoms with Crippen molar-refractivity contribution in [3.63, 3.8) is 0 Å². The molecule has 0 radical (unpaired) electrons. The SMILES string of the molecule is O=C(COc1ccccc1-c1ccccc1)N1CCN(S(=O)(=O)c2ccc(F)cc2F)CC1. The Morgan fingerprint density at radius 3 is 2.24 bits per heavy atom. The normalized spacial score (nSPS) is 14.8. The van der Waals surface area contributed by atoms with Gasteiger partial charge in [0.1, 0.15) is 22.3 Å². The van der Waals surface area contributed by atoms with E-state index in [9.17, 15) is 22.0 Å². The molecule has 1 aliphatic rings. The maximum absolute atomic E-state index is 14.0. The molecule has 9 heteroatoms. The summed E-state index contributed by atoms with van der Waals surface area (Å²) in [5.41, 5.74) is 1.83. The van der Waals surface area contributed by atoms with Crippen LogP contribution in [0.3, 0.4) is 0 Å². The van der Waals surface area contributed by atoms with Crippen LogP contribution in [0.25, 0.3) is 11.1 Å². The molecule has 1 aliphatic heterocycles. The summed E-state index contributed by atoms with van der Waals surface area (Å²) in [6, 6.07) is 19.4. The highest BCUT2D eigenvalue weighted by Gasteiger charge is 2.32. The van der Waals surface area contributed by atoms with Gasteiger partial charge in [0.2, 0.25) is 10.0 Å². The highest BCUT2D eigenvalue weighted by molar-refractivity contribution is 7.89. The third-order valence-electron chi connectivity index (χ3n) is 5.43. The molecule has 0 spiro atoms. The average molecular weight is 473 g/mol. The molecule has 1 fully saturated rings. The monoisotopic (exact) mass is 472 g/mol. The van der Waals surface area contributed by atoms with Gasteiger partial charge in [-0.1, -0.05) is 48.5 Å². The van der Waals surface area contributed by atoms with Crippen LogP contribution >= 0.6 is 0 Å². The smallest absolute Gasteiger partial charge is 0.260 e. The Morgan fingerprint density at radius 2 is 1.55 bits per heavy atom. The number of para-hydroxylation sites is 1. The Kier molecular flexibility index (Phi) is 6.71. The zero-order valence-corrected chi connectivity index (χ0v) is 18.5. The van der Waals surface area contributed by atoms with Crippen LogP contribution in [0.2, 0.25) is 0 Å². The number of piperazine rings is 1. The second-order valence-corrected chi connectivity index (χ2v) is 9.42. The van der Waals surface area contributed by atoms with Gasteiger partial charge < -0.3 is 9.64 Å². The topological polar surface area (TPSA) is 66.9 Å². The van der Waals surface area contributed by atoms with E-state index in [2.05, 4.69) is 0 Å². The number of sulfonamides is 1. The zero-order chi connectivity index (χ0) is 23.4. The quantitative estimate of drug-likeness (QED) is 0.551. The standard InChI is InChI=1S/C24H22F2N2O4S/c25-19-10-11-23(21(26)16-19)33(30,31)28-14-12-27(13-15-28)24(29)17-32-22-9-5-4-8-20(22)18-6-2-1-3-7-18/h1-11,16H,12-15,17H2. The fourth-order valence-electron chi connectivity index (χ4n) is 3.68. The lowest BCUT2D eigenvalue weighted by Crippen LogP contribution is -2.51. The van der Waals surface area contributed by atoms with Crippen LogP contribution in [0, 0.1) is 11.6 Å². The van der Waals surface area contributed by atoms with E-state index in [4.69, 9.17) is 4.74 Å². The number of hydrogen-bond donors (Lipinski definition) is 0. The Labute approximate surface area is 191 Å². The molecule has 4 rings (SSSR count). The highest BCUT2D eigenvalue weighted by Crippen LogP contribution is 2.29. The van der Waals surface area contributed by atoms with E-state index in [0.29, 0.717) is 11.8 Å². The molecule has 3 aromatic carbocycles. The van der Waals surface area contributed by atoms with Crippen LogP contribution in [-0.2, 0) is 14.8 Å². The fourth-order valence-corrected chi connectivity index (χ4v) is 5.15. The molecule has 1 heterocycles. The Morgan fingerprint density at radius 1 is 0.879 bits per heavy atom. The van der Waals surface area contributed by atoms with Gasteiger partial charge >= 0.3 is 0 Å². The minimum absolute atomic E-state index is 0.00545. The average Bonchev–Trinajstić information content (AvgIpc) is 2.83. The number of ether oxygens (including phenoxy) is 1. The largest absolute Gasteiger partial charge is 0.483 e. The first kappa shape index (κ1) is 22.9. The first-order valence-corrected chi connectivity index (χ1v) is 11.8. The number of halogens is 2. The van der Waals surface area contributed by atoms with E-state index in [-0.39, 0.29) is 38.7 Å². The Bertz CT molecular complexity index is 1240. The summed E-state index contributed by atoms with van der Waals surface area (Å²) in [5.74, 6) is -1.69. The van der Waals surface area contributed by atoms with Crippen molar-refractivity contribution in [3.05, 3.63) is 84.4 Å². The van der Waals surface area contributed by atoms with Gasteiger partial charge in [-0.25, -0.2) is 17.2 Å². The summed E-state index contributed by atoms with van der Waals surface area (Å²) in [7, 11) is -4.13. The van der Waals surface area contributed by atoms with Crippen LogP contribution in [-0.4, -0.2) is 56.3 Å². The van der Waals surface area contributed by atoms with Gasteiger partial charge in [0.15, 0.2) is 6.61 Å². The van der Waals surface area contributed by atoms with E-state index in [0.717, 1.165) is 27.6 Å². The van der Waals surface area contributed by atoms with Crippen molar-refractivity contribution in [2.75, 3.05) is 32.8 Å². The lowest BCUT2D eigenvalue weighted by molar-refractivity contribution is -0.134. The Balaban J connectivity index is 1.37. The third-order valence-corrected chi connectivity index (χ3v) is 7.36. The number of amides is 1. The summed E-state index contributed by atoms with van der Waals surface area (Å²) in [4.78, 5) is 13.6. The van der Waals surface area contributed by atoms with Crippen molar-refractivity contribution in [1.82, 2.24) is 9.21 Å². The lowest BCUT2D eigenvalue weighted by Gasteiger charge is -2.34. The molecule has 172 valence electrons. The Hall–Kier alpha value is -3.30. The lowest BCUT2D eigenvalue weighted by atomic mass is 10.1. The van der Waals surface area contributed by atoms with E-state index in [1.54, 1.807) is 6.07 Å². The first-order valence-electron chi connectivity index (χ1n) is 10.4. The minimum Gasteiger partial charge on any atom is -0.483 e. The number of benzene rings is 3. The molecule has 3 aromatic rings. The highest BCUT2D eigenvalue weighted by atomic mass is 32.2. The molecule has 33 heavy (non-hydrogen) atoms. The van der Waals surface area contributed by atoms with Crippen LogP contribution in [0.1, 0.15) is 0 Å². The second-order valence-electron chi connectivity index (χ2n) is 7.51. The van der Waals surface area contributed by atoms with Crippen LogP contribution in [0.15, 0.2) is 77.7 Å². The van der Waals surface area contributed by atoms with E-state index < -0.39 is 26.6 Å². The van der Waals surface area contributed by atoms with Crippen molar-refractivity contribution < 1.29 is 26.7 Å². The van der Waals surface area contributed by atoms with Gasteiger partial charge in [-0.3, -0.25) is 4.79 Å². The maximum atomic E-state index is 14.0.